The molecule has 4 N–H and O–H groups in total. The summed E-state index contributed by atoms with van der Waals surface area (Å²) in [4.78, 5) is 2.07. The van der Waals surface area contributed by atoms with Gasteiger partial charge in [0.1, 0.15) is 0 Å². The molecule has 102 valence electrons. The molecule has 0 fully saturated rings. The Labute approximate surface area is 109 Å². The van der Waals surface area contributed by atoms with Crippen LogP contribution in [0.4, 0.5) is 11.4 Å². The standard InChI is InChI=1S/C12H21N3O2S/c1-4-5-9(2)15(3)12-8-10(18(14,16)17)6-7-11(12)13/h6-9H,4-5,13H2,1-3H3,(H2,14,16,17). The van der Waals surface area contributed by atoms with Gasteiger partial charge in [-0.15, -0.1) is 0 Å². The van der Waals surface area contributed by atoms with Gasteiger partial charge < -0.3 is 10.6 Å². The van der Waals surface area contributed by atoms with Gasteiger partial charge in [0.25, 0.3) is 0 Å². The van der Waals surface area contributed by atoms with Gasteiger partial charge in [-0.2, -0.15) is 0 Å². The summed E-state index contributed by atoms with van der Waals surface area (Å²) in [5, 5.41) is 5.12. The molecule has 0 aliphatic rings. The Morgan fingerprint density at radius 2 is 2.00 bits per heavy atom. The van der Waals surface area contributed by atoms with E-state index in [9.17, 15) is 8.42 Å². The maximum absolute atomic E-state index is 11.3. The first-order chi connectivity index (χ1) is 8.27. The number of hydrogen-bond acceptors (Lipinski definition) is 4. The van der Waals surface area contributed by atoms with Crippen molar-refractivity contribution in [2.75, 3.05) is 17.7 Å². The molecule has 1 aromatic rings. The number of hydrogen-bond donors (Lipinski definition) is 2. The molecule has 1 atom stereocenters. The average molecular weight is 271 g/mol. The SMILES string of the molecule is CCCC(C)N(C)c1cc(S(N)(=O)=O)ccc1N. The highest BCUT2D eigenvalue weighted by atomic mass is 32.2. The van der Waals surface area contributed by atoms with Gasteiger partial charge in [-0.05, 0) is 31.5 Å². The van der Waals surface area contributed by atoms with Crippen LogP contribution in [0.1, 0.15) is 26.7 Å². The molecule has 0 spiro atoms. The van der Waals surface area contributed by atoms with Crippen molar-refractivity contribution in [3.8, 4) is 0 Å². The van der Waals surface area contributed by atoms with Crippen LogP contribution in [0.2, 0.25) is 0 Å². The fourth-order valence-electron chi connectivity index (χ4n) is 1.85. The largest absolute Gasteiger partial charge is 0.397 e. The number of nitrogens with zero attached hydrogens (tertiary/aromatic N) is 1. The summed E-state index contributed by atoms with van der Waals surface area (Å²) in [6, 6.07) is 4.81. The highest BCUT2D eigenvalue weighted by Gasteiger charge is 2.15. The lowest BCUT2D eigenvalue weighted by molar-refractivity contribution is 0.597. The molecule has 0 saturated heterocycles. The van der Waals surface area contributed by atoms with Gasteiger partial charge in [-0.1, -0.05) is 13.3 Å². The molecular weight excluding hydrogens is 250 g/mol. The number of primary sulfonamides is 1. The monoisotopic (exact) mass is 271 g/mol. The maximum atomic E-state index is 11.3. The van der Waals surface area contributed by atoms with E-state index in [0.717, 1.165) is 12.8 Å². The highest BCUT2D eigenvalue weighted by molar-refractivity contribution is 7.89. The second-order valence-electron chi connectivity index (χ2n) is 4.51. The van der Waals surface area contributed by atoms with Crippen LogP contribution in [0.3, 0.4) is 0 Å². The van der Waals surface area contributed by atoms with Crippen LogP contribution in [0.25, 0.3) is 0 Å². The predicted octanol–water partition coefficient (Wildman–Crippen LogP) is 1.54. The van der Waals surface area contributed by atoms with Gasteiger partial charge in [0.15, 0.2) is 0 Å². The molecule has 0 aliphatic carbocycles. The third-order valence-corrected chi connectivity index (χ3v) is 3.99. The zero-order valence-electron chi connectivity index (χ0n) is 11.1. The van der Waals surface area contributed by atoms with Crippen molar-refractivity contribution in [3.05, 3.63) is 18.2 Å². The predicted molar refractivity (Wildman–Crippen MR) is 75.0 cm³/mol. The summed E-state index contributed by atoms with van der Waals surface area (Å²) in [6.07, 6.45) is 2.07. The van der Waals surface area contributed by atoms with Crippen LogP contribution in [0.5, 0.6) is 0 Å². The van der Waals surface area contributed by atoms with E-state index in [0.29, 0.717) is 11.4 Å². The fourth-order valence-corrected chi connectivity index (χ4v) is 2.39. The third kappa shape index (κ3) is 3.36. The molecule has 0 radical (unpaired) electrons. The van der Waals surface area contributed by atoms with Gasteiger partial charge in [0.2, 0.25) is 10.0 Å². The fraction of sp³-hybridized carbons (Fsp3) is 0.500. The Kier molecular flexibility index (Phi) is 4.59. The van der Waals surface area contributed by atoms with Crippen molar-refractivity contribution >= 4 is 21.4 Å². The molecule has 0 heterocycles. The minimum Gasteiger partial charge on any atom is -0.397 e. The maximum Gasteiger partial charge on any atom is 0.238 e. The lowest BCUT2D eigenvalue weighted by Gasteiger charge is -2.28. The second kappa shape index (κ2) is 5.58. The van der Waals surface area contributed by atoms with Gasteiger partial charge in [0.05, 0.1) is 16.3 Å². The van der Waals surface area contributed by atoms with E-state index >= 15 is 0 Å². The summed E-state index contributed by atoms with van der Waals surface area (Å²) in [7, 11) is -1.79. The Morgan fingerprint density at radius 3 is 2.50 bits per heavy atom. The Morgan fingerprint density at radius 1 is 1.39 bits per heavy atom. The molecule has 1 unspecified atom stereocenters. The van der Waals surface area contributed by atoms with Gasteiger partial charge in [0, 0.05) is 13.1 Å². The molecule has 6 heteroatoms. The lowest BCUT2D eigenvalue weighted by atomic mass is 10.1. The summed E-state index contributed by atoms with van der Waals surface area (Å²) < 4.78 is 22.7. The highest BCUT2D eigenvalue weighted by Crippen LogP contribution is 2.27. The molecule has 0 saturated carbocycles. The zero-order valence-corrected chi connectivity index (χ0v) is 11.9. The van der Waals surface area contributed by atoms with Crippen molar-refractivity contribution in [2.45, 2.75) is 37.6 Å². The summed E-state index contributed by atoms with van der Waals surface area (Å²) >= 11 is 0. The van der Waals surface area contributed by atoms with E-state index in [1.54, 1.807) is 6.07 Å². The number of rotatable bonds is 5. The van der Waals surface area contributed by atoms with E-state index in [1.165, 1.54) is 12.1 Å². The summed E-state index contributed by atoms with van der Waals surface area (Å²) in [6.45, 7) is 4.18. The number of nitrogens with two attached hydrogens (primary N) is 2. The minimum absolute atomic E-state index is 0.0854. The van der Waals surface area contributed by atoms with Gasteiger partial charge in [-0.3, -0.25) is 0 Å². The average Bonchev–Trinajstić information content (AvgIpc) is 2.27. The zero-order chi connectivity index (χ0) is 13.9. The molecule has 0 bridgehead atoms. The quantitative estimate of drug-likeness (QED) is 0.795. The molecule has 5 nitrogen and oxygen atoms in total. The number of nitrogen functional groups attached to an aromatic ring is 1. The topological polar surface area (TPSA) is 89.4 Å². The molecule has 1 rings (SSSR count). The minimum atomic E-state index is -3.70. The molecule has 0 aliphatic heterocycles. The van der Waals surface area contributed by atoms with Crippen molar-refractivity contribution in [3.63, 3.8) is 0 Å². The first kappa shape index (κ1) is 14.8. The molecule has 0 aromatic heterocycles. The Bertz CT molecular complexity index is 514. The van der Waals surface area contributed by atoms with Crippen LogP contribution < -0.4 is 15.8 Å². The van der Waals surface area contributed by atoms with E-state index < -0.39 is 10.0 Å². The van der Waals surface area contributed by atoms with E-state index in [2.05, 4.69) is 13.8 Å². The van der Waals surface area contributed by atoms with Crippen LogP contribution in [-0.4, -0.2) is 21.5 Å². The van der Waals surface area contributed by atoms with E-state index in [1.807, 2.05) is 11.9 Å². The van der Waals surface area contributed by atoms with E-state index in [-0.39, 0.29) is 10.9 Å². The second-order valence-corrected chi connectivity index (χ2v) is 6.08. The molecular formula is C12H21N3O2S. The van der Waals surface area contributed by atoms with E-state index in [4.69, 9.17) is 10.9 Å². The normalized spacial score (nSPS) is 13.3. The smallest absolute Gasteiger partial charge is 0.238 e. The van der Waals surface area contributed by atoms with Gasteiger partial charge >= 0.3 is 0 Å². The first-order valence-electron chi connectivity index (χ1n) is 5.92. The van der Waals surface area contributed by atoms with Crippen molar-refractivity contribution < 1.29 is 8.42 Å². The van der Waals surface area contributed by atoms with Crippen LogP contribution in [0, 0.1) is 0 Å². The van der Waals surface area contributed by atoms with Crippen molar-refractivity contribution in [1.82, 2.24) is 0 Å². The van der Waals surface area contributed by atoms with Crippen LogP contribution in [0.15, 0.2) is 23.1 Å². The molecule has 18 heavy (non-hydrogen) atoms. The number of sulfonamides is 1. The lowest BCUT2D eigenvalue weighted by Crippen LogP contribution is -2.29. The van der Waals surface area contributed by atoms with Crippen LogP contribution >= 0.6 is 0 Å². The molecule has 1 aromatic carbocycles. The Balaban J connectivity index is 3.15. The first-order valence-corrected chi connectivity index (χ1v) is 7.47. The van der Waals surface area contributed by atoms with Crippen molar-refractivity contribution in [1.29, 1.82) is 0 Å². The van der Waals surface area contributed by atoms with Crippen molar-refractivity contribution in [2.24, 2.45) is 5.14 Å². The number of benzene rings is 1. The third-order valence-electron chi connectivity index (χ3n) is 3.08. The van der Waals surface area contributed by atoms with Crippen LogP contribution in [-0.2, 0) is 10.0 Å². The van der Waals surface area contributed by atoms with Gasteiger partial charge in [-0.25, -0.2) is 13.6 Å². The Hall–Kier alpha value is -1.27. The summed E-state index contributed by atoms with van der Waals surface area (Å²) in [5.74, 6) is 0. The number of anilines is 2. The molecule has 0 amide bonds. The summed E-state index contributed by atoms with van der Waals surface area (Å²) in [5.41, 5.74) is 7.14.